The summed E-state index contributed by atoms with van der Waals surface area (Å²) in [5.74, 6) is -0.681. The van der Waals surface area contributed by atoms with Crippen molar-refractivity contribution in [2.24, 2.45) is 5.92 Å². The minimum absolute atomic E-state index is 0.374. The first-order chi connectivity index (χ1) is 10.2. The molecule has 0 radical (unpaired) electrons. The summed E-state index contributed by atoms with van der Waals surface area (Å²) in [5, 5.41) is 0. The number of carbonyl (C=O) groups excluding carboxylic acids is 2. The average molecular weight is 306 g/mol. The normalized spacial score (nSPS) is 23.6. The average Bonchev–Trinajstić information content (AvgIpc) is 3.22. The summed E-state index contributed by atoms with van der Waals surface area (Å²) in [6, 6.07) is 7.16. The van der Waals surface area contributed by atoms with Gasteiger partial charge < -0.3 is 14.2 Å². The molecule has 0 bridgehead atoms. The summed E-state index contributed by atoms with van der Waals surface area (Å²) in [6.45, 7) is 5.41. The van der Waals surface area contributed by atoms with Gasteiger partial charge in [-0.15, -0.1) is 0 Å². The Morgan fingerprint density at radius 2 is 1.91 bits per heavy atom. The molecule has 1 saturated carbocycles. The van der Waals surface area contributed by atoms with Crippen LogP contribution in [0.5, 0.6) is 5.75 Å². The smallest absolute Gasteiger partial charge is 0.317 e. The van der Waals surface area contributed by atoms with Crippen LogP contribution in [0.25, 0.3) is 0 Å². The summed E-state index contributed by atoms with van der Waals surface area (Å²) in [5.41, 5.74) is -0.837. The van der Waals surface area contributed by atoms with Gasteiger partial charge in [-0.3, -0.25) is 9.59 Å². The minimum atomic E-state index is -0.967. The van der Waals surface area contributed by atoms with Crippen molar-refractivity contribution in [1.82, 2.24) is 0 Å². The second kappa shape index (κ2) is 5.63. The molecule has 0 aromatic heterocycles. The Balaban J connectivity index is 2.33. The van der Waals surface area contributed by atoms with Gasteiger partial charge in [-0.05, 0) is 44.9 Å². The highest BCUT2D eigenvalue weighted by Gasteiger charge is 2.67. The summed E-state index contributed by atoms with van der Waals surface area (Å²) < 4.78 is 15.5. The molecular weight excluding hydrogens is 284 g/mol. The number of rotatable bonds is 4. The van der Waals surface area contributed by atoms with E-state index in [0.717, 1.165) is 5.56 Å². The van der Waals surface area contributed by atoms with Gasteiger partial charge in [0.05, 0.1) is 20.1 Å². The van der Waals surface area contributed by atoms with Gasteiger partial charge in [-0.25, -0.2) is 0 Å². The Bertz CT molecular complexity index is 587. The van der Waals surface area contributed by atoms with Crippen LogP contribution in [0.2, 0.25) is 0 Å². The highest BCUT2D eigenvalue weighted by molar-refractivity contribution is 5.96. The molecule has 1 aromatic carbocycles. The third-order valence-electron chi connectivity index (χ3n) is 3.79. The monoisotopic (exact) mass is 306 g/mol. The maximum absolute atomic E-state index is 12.3. The van der Waals surface area contributed by atoms with E-state index in [4.69, 9.17) is 14.2 Å². The molecule has 0 aliphatic heterocycles. The first-order valence-corrected chi connectivity index (χ1v) is 7.20. The van der Waals surface area contributed by atoms with Crippen molar-refractivity contribution in [2.75, 3.05) is 14.2 Å². The molecule has 2 atom stereocenters. The van der Waals surface area contributed by atoms with Crippen LogP contribution in [0, 0.1) is 5.92 Å². The highest BCUT2D eigenvalue weighted by atomic mass is 16.6. The SMILES string of the molecule is COC(=O)[C@@]1(c2cccc(OC)c2)C[C@@H]1C(=O)OC(C)(C)C. The molecule has 0 spiro atoms. The van der Waals surface area contributed by atoms with Gasteiger partial charge in [0.25, 0.3) is 0 Å². The third kappa shape index (κ3) is 2.93. The lowest BCUT2D eigenvalue weighted by molar-refractivity contribution is -0.159. The van der Waals surface area contributed by atoms with Crippen molar-refractivity contribution in [3.8, 4) is 5.75 Å². The van der Waals surface area contributed by atoms with Crippen LogP contribution in [-0.4, -0.2) is 31.8 Å². The van der Waals surface area contributed by atoms with E-state index in [1.807, 2.05) is 6.07 Å². The summed E-state index contributed by atoms with van der Waals surface area (Å²) >= 11 is 0. The molecule has 0 saturated heterocycles. The molecule has 0 amide bonds. The molecule has 1 aromatic rings. The molecule has 22 heavy (non-hydrogen) atoms. The Labute approximate surface area is 130 Å². The van der Waals surface area contributed by atoms with E-state index in [-0.39, 0.29) is 5.97 Å². The predicted octanol–water partition coefficient (Wildman–Crippen LogP) is 2.47. The van der Waals surface area contributed by atoms with Crippen molar-refractivity contribution in [3.63, 3.8) is 0 Å². The first-order valence-electron chi connectivity index (χ1n) is 7.20. The van der Waals surface area contributed by atoms with Crippen molar-refractivity contribution in [2.45, 2.75) is 38.2 Å². The second-order valence-electron chi connectivity index (χ2n) is 6.49. The Morgan fingerprint density at radius 3 is 2.45 bits per heavy atom. The van der Waals surface area contributed by atoms with E-state index < -0.39 is 22.9 Å². The lowest BCUT2D eigenvalue weighted by Gasteiger charge is -2.21. The molecule has 0 unspecified atom stereocenters. The molecule has 0 N–H and O–H groups in total. The topological polar surface area (TPSA) is 61.8 Å². The molecule has 1 aliphatic carbocycles. The minimum Gasteiger partial charge on any atom is -0.497 e. The van der Waals surface area contributed by atoms with Gasteiger partial charge >= 0.3 is 11.9 Å². The van der Waals surface area contributed by atoms with Crippen LogP contribution in [0.15, 0.2) is 24.3 Å². The van der Waals surface area contributed by atoms with Crippen molar-refractivity contribution in [1.29, 1.82) is 0 Å². The predicted molar refractivity (Wildman–Crippen MR) is 80.6 cm³/mol. The lowest BCUT2D eigenvalue weighted by atomic mass is 9.93. The molecule has 120 valence electrons. The largest absolute Gasteiger partial charge is 0.497 e. The fourth-order valence-corrected chi connectivity index (χ4v) is 2.67. The quantitative estimate of drug-likeness (QED) is 0.800. The molecule has 1 fully saturated rings. The van der Waals surface area contributed by atoms with E-state index in [9.17, 15) is 9.59 Å². The van der Waals surface area contributed by atoms with Crippen LogP contribution in [0.3, 0.4) is 0 Å². The number of esters is 2. The zero-order valence-corrected chi connectivity index (χ0v) is 13.6. The van der Waals surface area contributed by atoms with Crippen LogP contribution < -0.4 is 4.74 Å². The fourth-order valence-electron chi connectivity index (χ4n) is 2.67. The number of ether oxygens (including phenoxy) is 3. The van der Waals surface area contributed by atoms with Crippen molar-refractivity contribution in [3.05, 3.63) is 29.8 Å². The maximum Gasteiger partial charge on any atom is 0.317 e. The molecule has 5 nitrogen and oxygen atoms in total. The zero-order chi connectivity index (χ0) is 16.5. The molecule has 2 rings (SSSR count). The lowest BCUT2D eigenvalue weighted by Crippen LogP contribution is -2.31. The van der Waals surface area contributed by atoms with Gasteiger partial charge in [0.2, 0.25) is 0 Å². The van der Waals surface area contributed by atoms with E-state index in [0.29, 0.717) is 12.2 Å². The Hall–Kier alpha value is -2.04. The first kappa shape index (κ1) is 16.3. The summed E-state index contributed by atoms with van der Waals surface area (Å²) in [7, 11) is 2.89. The Morgan fingerprint density at radius 1 is 1.23 bits per heavy atom. The zero-order valence-electron chi connectivity index (χ0n) is 13.6. The Kier molecular flexibility index (Phi) is 4.18. The van der Waals surface area contributed by atoms with Gasteiger partial charge in [0, 0.05) is 0 Å². The van der Waals surface area contributed by atoms with E-state index in [2.05, 4.69) is 0 Å². The van der Waals surface area contributed by atoms with Gasteiger partial charge in [-0.2, -0.15) is 0 Å². The maximum atomic E-state index is 12.3. The highest BCUT2D eigenvalue weighted by Crippen LogP contribution is 2.56. The summed E-state index contributed by atoms with van der Waals surface area (Å²) in [6.07, 6.45) is 0.391. The number of methoxy groups -OCH3 is 2. The van der Waals surface area contributed by atoms with Crippen molar-refractivity contribution < 1.29 is 23.8 Å². The van der Waals surface area contributed by atoms with Crippen molar-refractivity contribution >= 4 is 11.9 Å². The van der Waals surface area contributed by atoms with Crippen LogP contribution in [-0.2, 0) is 24.5 Å². The third-order valence-corrected chi connectivity index (χ3v) is 3.79. The van der Waals surface area contributed by atoms with Crippen LogP contribution in [0.1, 0.15) is 32.8 Å². The van der Waals surface area contributed by atoms with E-state index in [1.165, 1.54) is 7.11 Å². The van der Waals surface area contributed by atoms with Gasteiger partial charge in [0.15, 0.2) is 0 Å². The van der Waals surface area contributed by atoms with E-state index >= 15 is 0 Å². The molecule has 1 aliphatic rings. The van der Waals surface area contributed by atoms with Crippen LogP contribution in [0.4, 0.5) is 0 Å². The fraction of sp³-hybridized carbons (Fsp3) is 0.529. The van der Waals surface area contributed by atoms with Gasteiger partial charge in [0.1, 0.15) is 16.8 Å². The molecular formula is C17H22O5. The van der Waals surface area contributed by atoms with Crippen LogP contribution >= 0.6 is 0 Å². The second-order valence-corrected chi connectivity index (χ2v) is 6.49. The number of hydrogen-bond donors (Lipinski definition) is 0. The van der Waals surface area contributed by atoms with Gasteiger partial charge in [-0.1, -0.05) is 12.1 Å². The van der Waals surface area contributed by atoms with E-state index in [1.54, 1.807) is 46.1 Å². The number of hydrogen-bond acceptors (Lipinski definition) is 5. The number of carbonyl (C=O) groups is 2. The number of benzene rings is 1. The molecule has 5 heteroatoms. The standard InChI is InChI=1S/C17H22O5/c1-16(2,3)22-14(18)13-10-17(13,15(19)21-5)11-7-6-8-12(9-11)20-4/h6-9,13H,10H2,1-5H3/t13-,17-/m1/s1. The summed E-state index contributed by atoms with van der Waals surface area (Å²) in [4.78, 5) is 24.6. The molecule has 0 heterocycles.